The van der Waals surface area contributed by atoms with E-state index in [2.05, 4.69) is 15.1 Å². The van der Waals surface area contributed by atoms with Gasteiger partial charge in [0.2, 0.25) is 5.82 Å². The smallest absolute Gasteiger partial charge is 0.305 e. The van der Waals surface area contributed by atoms with Crippen molar-refractivity contribution in [3.8, 4) is 0 Å². The molecule has 0 spiro atoms. The van der Waals surface area contributed by atoms with Crippen LogP contribution in [0.4, 0.5) is 13.2 Å². The molecule has 0 atom stereocenters. The zero-order chi connectivity index (χ0) is 14.6. The predicted molar refractivity (Wildman–Crippen MR) is 69.5 cm³/mol. The standard InChI is InChI=1S/C12H18ClF3N4/c13-5-3-1-2-4-6-19-7-8-20-10(9-19)17-18-11(20)12(14,15)16/h1-9H2. The van der Waals surface area contributed by atoms with Crippen LogP contribution in [0.15, 0.2) is 0 Å². The molecule has 0 N–H and O–H groups in total. The van der Waals surface area contributed by atoms with Crippen molar-refractivity contribution in [3.05, 3.63) is 11.6 Å². The van der Waals surface area contributed by atoms with E-state index in [4.69, 9.17) is 11.6 Å². The maximum Gasteiger partial charge on any atom is 0.451 e. The predicted octanol–water partition coefficient (Wildman–Crippen LogP) is 2.91. The van der Waals surface area contributed by atoms with Crippen LogP contribution >= 0.6 is 11.6 Å². The molecule has 0 radical (unpaired) electrons. The number of fused-ring (bicyclic) bond motifs is 1. The van der Waals surface area contributed by atoms with Gasteiger partial charge in [0, 0.05) is 19.0 Å². The van der Waals surface area contributed by atoms with Crippen LogP contribution in [0, 0.1) is 0 Å². The minimum Gasteiger partial charge on any atom is -0.305 e. The van der Waals surface area contributed by atoms with E-state index in [-0.39, 0.29) is 0 Å². The molecule has 4 nitrogen and oxygen atoms in total. The van der Waals surface area contributed by atoms with Crippen molar-refractivity contribution in [1.29, 1.82) is 0 Å². The van der Waals surface area contributed by atoms with Crippen molar-refractivity contribution >= 4 is 11.6 Å². The molecule has 2 rings (SSSR count). The fraction of sp³-hybridized carbons (Fsp3) is 0.833. The van der Waals surface area contributed by atoms with Crippen molar-refractivity contribution in [1.82, 2.24) is 19.7 Å². The van der Waals surface area contributed by atoms with Crippen LogP contribution < -0.4 is 0 Å². The third kappa shape index (κ3) is 3.85. The second-order valence-electron chi connectivity index (χ2n) is 4.97. The number of hydrogen-bond acceptors (Lipinski definition) is 3. The highest BCUT2D eigenvalue weighted by atomic mass is 35.5. The van der Waals surface area contributed by atoms with E-state index in [0.717, 1.165) is 32.2 Å². The Morgan fingerprint density at radius 2 is 1.80 bits per heavy atom. The lowest BCUT2D eigenvalue weighted by molar-refractivity contribution is -0.148. The van der Waals surface area contributed by atoms with Gasteiger partial charge in [-0.15, -0.1) is 21.8 Å². The number of hydrogen-bond donors (Lipinski definition) is 0. The average molecular weight is 311 g/mol. The highest BCUT2D eigenvalue weighted by Gasteiger charge is 2.39. The molecule has 0 aliphatic carbocycles. The van der Waals surface area contributed by atoms with Crippen LogP contribution in [0.2, 0.25) is 0 Å². The first kappa shape index (κ1) is 15.6. The summed E-state index contributed by atoms with van der Waals surface area (Å²) in [6.45, 7) is 2.25. The molecule has 2 heterocycles. The summed E-state index contributed by atoms with van der Waals surface area (Å²) in [7, 11) is 0. The zero-order valence-corrected chi connectivity index (χ0v) is 11.9. The normalized spacial score (nSPS) is 16.4. The van der Waals surface area contributed by atoms with Gasteiger partial charge in [-0.05, 0) is 19.4 Å². The van der Waals surface area contributed by atoms with E-state index in [1.54, 1.807) is 0 Å². The molecular weight excluding hydrogens is 293 g/mol. The van der Waals surface area contributed by atoms with E-state index in [0.29, 0.717) is 31.3 Å². The maximum absolute atomic E-state index is 12.7. The Hall–Kier alpha value is -0.820. The van der Waals surface area contributed by atoms with E-state index in [1.165, 1.54) is 4.57 Å². The van der Waals surface area contributed by atoms with Gasteiger partial charge in [0.05, 0.1) is 6.54 Å². The van der Waals surface area contributed by atoms with Gasteiger partial charge in [0.1, 0.15) is 5.82 Å². The quantitative estimate of drug-likeness (QED) is 0.598. The molecule has 114 valence electrons. The Morgan fingerprint density at radius 3 is 2.50 bits per heavy atom. The third-order valence-corrected chi connectivity index (χ3v) is 3.71. The lowest BCUT2D eigenvalue weighted by Gasteiger charge is -2.27. The van der Waals surface area contributed by atoms with Crippen LogP contribution in [0.3, 0.4) is 0 Å². The molecule has 1 aliphatic rings. The first-order valence-electron chi connectivity index (χ1n) is 6.80. The van der Waals surface area contributed by atoms with E-state index >= 15 is 0 Å². The summed E-state index contributed by atoms with van der Waals surface area (Å²) in [5.74, 6) is 0.214. The molecule has 0 unspecified atom stereocenters. The molecule has 0 aromatic carbocycles. The van der Waals surface area contributed by atoms with Gasteiger partial charge in [0.15, 0.2) is 0 Å². The Morgan fingerprint density at radius 1 is 1.05 bits per heavy atom. The Balaban J connectivity index is 1.84. The van der Waals surface area contributed by atoms with Crippen molar-refractivity contribution in [2.24, 2.45) is 0 Å². The highest BCUT2D eigenvalue weighted by Crippen LogP contribution is 2.29. The molecule has 1 aliphatic heterocycles. The van der Waals surface area contributed by atoms with Crippen molar-refractivity contribution in [2.75, 3.05) is 19.0 Å². The molecule has 20 heavy (non-hydrogen) atoms. The summed E-state index contributed by atoms with van der Waals surface area (Å²) >= 11 is 5.60. The monoisotopic (exact) mass is 310 g/mol. The molecule has 0 amide bonds. The number of nitrogens with zero attached hydrogens (tertiary/aromatic N) is 4. The Kier molecular flexibility index (Phi) is 5.26. The van der Waals surface area contributed by atoms with Gasteiger partial charge >= 0.3 is 6.18 Å². The van der Waals surface area contributed by atoms with Gasteiger partial charge in [-0.2, -0.15) is 13.2 Å². The highest BCUT2D eigenvalue weighted by molar-refractivity contribution is 6.17. The summed E-state index contributed by atoms with van der Waals surface area (Å²) in [4.78, 5) is 2.13. The first-order chi connectivity index (χ1) is 9.52. The van der Waals surface area contributed by atoms with Crippen molar-refractivity contribution in [2.45, 2.75) is 44.9 Å². The van der Waals surface area contributed by atoms with Crippen LogP contribution in [0.25, 0.3) is 0 Å². The SMILES string of the molecule is FC(F)(F)c1nnc2n1CCN(CCCCCCCl)C2. The Labute approximate surface area is 120 Å². The van der Waals surface area contributed by atoms with Crippen LogP contribution in [-0.4, -0.2) is 38.6 Å². The average Bonchev–Trinajstić information content (AvgIpc) is 2.81. The van der Waals surface area contributed by atoms with Gasteiger partial charge in [-0.1, -0.05) is 12.8 Å². The van der Waals surface area contributed by atoms with E-state index in [1.807, 2.05) is 0 Å². The summed E-state index contributed by atoms with van der Waals surface area (Å²) in [5, 5.41) is 6.94. The van der Waals surface area contributed by atoms with E-state index in [9.17, 15) is 13.2 Å². The van der Waals surface area contributed by atoms with Gasteiger partial charge in [0.25, 0.3) is 0 Å². The topological polar surface area (TPSA) is 34.0 Å². The van der Waals surface area contributed by atoms with Crippen molar-refractivity contribution < 1.29 is 13.2 Å². The number of unbranched alkanes of at least 4 members (excludes halogenated alkanes) is 3. The number of halogens is 4. The fourth-order valence-corrected chi connectivity index (χ4v) is 2.58. The molecule has 0 saturated heterocycles. The summed E-state index contributed by atoms with van der Waals surface area (Å²) in [6.07, 6.45) is -0.160. The molecule has 1 aromatic heterocycles. The van der Waals surface area contributed by atoms with E-state index < -0.39 is 12.0 Å². The molecular formula is C12H18ClF3N4. The summed E-state index contributed by atoms with van der Waals surface area (Å²) in [6, 6.07) is 0. The van der Waals surface area contributed by atoms with Crippen molar-refractivity contribution in [3.63, 3.8) is 0 Å². The van der Waals surface area contributed by atoms with Gasteiger partial charge in [-0.3, -0.25) is 4.90 Å². The third-order valence-electron chi connectivity index (χ3n) is 3.44. The van der Waals surface area contributed by atoms with Crippen LogP contribution in [0.5, 0.6) is 0 Å². The molecule has 1 aromatic rings. The van der Waals surface area contributed by atoms with Gasteiger partial charge in [-0.25, -0.2) is 0 Å². The Bertz CT molecular complexity index is 433. The number of alkyl halides is 4. The summed E-state index contributed by atoms with van der Waals surface area (Å²) < 4.78 is 39.2. The fourth-order valence-electron chi connectivity index (χ4n) is 2.39. The minimum absolute atomic E-state index is 0.304. The zero-order valence-electron chi connectivity index (χ0n) is 11.2. The largest absolute Gasteiger partial charge is 0.451 e. The first-order valence-corrected chi connectivity index (χ1v) is 7.33. The molecule has 0 saturated carbocycles. The molecule has 0 bridgehead atoms. The van der Waals surface area contributed by atoms with Crippen LogP contribution in [-0.2, 0) is 19.3 Å². The second kappa shape index (κ2) is 6.76. The van der Waals surface area contributed by atoms with Gasteiger partial charge < -0.3 is 4.57 Å². The minimum atomic E-state index is -4.42. The number of aromatic nitrogens is 3. The molecule has 8 heteroatoms. The lowest BCUT2D eigenvalue weighted by atomic mass is 10.2. The summed E-state index contributed by atoms with van der Waals surface area (Å²) in [5.41, 5.74) is 0. The second-order valence-corrected chi connectivity index (χ2v) is 5.35. The number of rotatable bonds is 6. The van der Waals surface area contributed by atoms with Crippen LogP contribution in [0.1, 0.15) is 37.3 Å². The maximum atomic E-state index is 12.7. The molecule has 0 fully saturated rings. The lowest BCUT2D eigenvalue weighted by Crippen LogP contribution is -2.35.